The van der Waals surface area contributed by atoms with Crippen LogP contribution >= 0.6 is 11.8 Å². The first-order chi connectivity index (χ1) is 15.8. The molecule has 0 saturated carbocycles. The summed E-state index contributed by atoms with van der Waals surface area (Å²) in [5.41, 5.74) is 0.253. The number of benzene rings is 3. The summed E-state index contributed by atoms with van der Waals surface area (Å²) in [7, 11) is 1.60. The maximum absolute atomic E-state index is 14.4. The SMILES string of the molecule is CN1CCC(c2ccc(F)cc2)C(Sc2ccccc2)(C(=O)Nc2cccc(F)c2F)C1=O. The number of carbonyl (C=O) groups is 2. The molecule has 4 rings (SSSR count). The third-order valence-electron chi connectivity index (χ3n) is 5.74. The molecule has 1 N–H and O–H groups in total. The van der Waals surface area contributed by atoms with E-state index in [0.29, 0.717) is 23.4 Å². The van der Waals surface area contributed by atoms with Crippen molar-refractivity contribution in [1.82, 2.24) is 4.90 Å². The Hall–Kier alpha value is -3.26. The molecule has 8 heteroatoms. The van der Waals surface area contributed by atoms with Crippen molar-refractivity contribution in [2.24, 2.45) is 0 Å². The first-order valence-electron chi connectivity index (χ1n) is 10.3. The number of anilines is 1. The zero-order chi connectivity index (χ0) is 23.6. The van der Waals surface area contributed by atoms with Gasteiger partial charge in [0.1, 0.15) is 5.82 Å². The molecule has 1 aliphatic heterocycles. The summed E-state index contributed by atoms with van der Waals surface area (Å²) in [6.45, 7) is 0.388. The molecule has 3 aromatic rings. The Balaban J connectivity index is 1.86. The van der Waals surface area contributed by atoms with Crippen molar-refractivity contribution in [3.8, 4) is 0 Å². The number of hydrogen-bond acceptors (Lipinski definition) is 3. The summed E-state index contributed by atoms with van der Waals surface area (Å²) in [5, 5.41) is 2.45. The number of nitrogens with one attached hydrogen (secondary N) is 1. The molecule has 33 heavy (non-hydrogen) atoms. The van der Waals surface area contributed by atoms with Crippen LogP contribution in [0.1, 0.15) is 17.9 Å². The van der Waals surface area contributed by atoms with E-state index < -0.39 is 39.9 Å². The summed E-state index contributed by atoms with van der Waals surface area (Å²) < 4.78 is 40.1. The molecule has 4 nitrogen and oxygen atoms in total. The van der Waals surface area contributed by atoms with E-state index in [2.05, 4.69) is 5.32 Å². The lowest BCUT2D eigenvalue weighted by Crippen LogP contribution is -2.60. The van der Waals surface area contributed by atoms with Crippen LogP contribution in [0.2, 0.25) is 0 Å². The number of halogens is 3. The van der Waals surface area contributed by atoms with Gasteiger partial charge in [0, 0.05) is 24.4 Å². The quantitative estimate of drug-likeness (QED) is 0.521. The van der Waals surface area contributed by atoms with E-state index in [9.17, 15) is 22.8 Å². The van der Waals surface area contributed by atoms with Crippen LogP contribution in [0.3, 0.4) is 0 Å². The molecule has 3 aromatic carbocycles. The van der Waals surface area contributed by atoms with Crippen LogP contribution in [0, 0.1) is 17.5 Å². The fourth-order valence-electron chi connectivity index (χ4n) is 4.06. The van der Waals surface area contributed by atoms with Gasteiger partial charge in [0.15, 0.2) is 16.4 Å². The van der Waals surface area contributed by atoms with Crippen molar-refractivity contribution in [2.75, 3.05) is 18.9 Å². The van der Waals surface area contributed by atoms with Crippen LogP contribution in [0.5, 0.6) is 0 Å². The van der Waals surface area contributed by atoms with Gasteiger partial charge >= 0.3 is 0 Å². The zero-order valence-corrected chi connectivity index (χ0v) is 18.5. The number of rotatable bonds is 5. The van der Waals surface area contributed by atoms with Crippen LogP contribution in [0.25, 0.3) is 0 Å². The third kappa shape index (κ3) is 4.35. The topological polar surface area (TPSA) is 49.4 Å². The van der Waals surface area contributed by atoms with Gasteiger partial charge in [-0.15, -0.1) is 0 Å². The molecule has 1 heterocycles. The lowest BCUT2D eigenvalue weighted by Gasteiger charge is -2.44. The number of amides is 2. The first-order valence-corrected chi connectivity index (χ1v) is 11.1. The van der Waals surface area contributed by atoms with Gasteiger partial charge in [-0.2, -0.15) is 0 Å². The summed E-state index contributed by atoms with van der Waals surface area (Å²) in [6, 6.07) is 18.0. The zero-order valence-electron chi connectivity index (χ0n) is 17.7. The number of hydrogen-bond donors (Lipinski definition) is 1. The largest absolute Gasteiger partial charge is 0.344 e. The molecule has 1 fully saturated rings. The second-order valence-electron chi connectivity index (χ2n) is 7.83. The van der Waals surface area contributed by atoms with Gasteiger partial charge in [-0.3, -0.25) is 9.59 Å². The Morgan fingerprint density at radius 3 is 2.39 bits per heavy atom. The van der Waals surface area contributed by atoms with Gasteiger partial charge in [0.05, 0.1) is 5.69 Å². The standard InChI is InChI=1S/C25H21F3N2O2S/c1-30-15-14-19(16-10-12-17(26)13-11-16)25(24(30)32,33-18-6-3-2-4-7-18)23(31)29-21-9-5-8-20(27)22(21)28/h2-13,19H,14-15H2,1H3,(H,29,31). The van der Waals surface area contributed by atoms with Crippen LogP contribution in [0.4, 0.5) is 18.9 Å². The molecule has 2 unspecified atom stereocenters. The van der Waals surface area contributed by atoms with E-state index in [1.165, 1.54) is 29.2 Å². The highest BCUT2D eigenvalue weighted by molar-refractivity contribution is 8.02. The van der Waals surface area contributed by atoms with E-state index in [0.717, 1.165) is 17.8 Å². The molecule has 1 saturated heterocycles. The Morgan fingerprint density at radius 1 is 1.00 bits per heavy atom. The monoisotopic (exact) mass is 470 g/mol. The number of nitrogens with zero attached hydrogens (tertiary/aromatic N) is 1. The fraction of sp³-hybridized carbons (Fsp3) is 0.200. The van der Waals surface area contributed by atoms with Gasteiger partial charge in [0.25, 0.3) is 5.91 Å². The predicted molar refractivity (Wildman–Crippen MR) is 121 cm³/mol. The Morgan fingerprint density at radius 2 is 1.70 bits per heavy atom. The Kier molecular flexibility index (Phi) is 6.47. The normalized spacial score (nSPS) is 20.5. The molecule has 2 amide bonds. The second-order valence-corrected chi connectivity index (χ2v) is 9.15. The lowest BCUT2D eigenvalue weighted by molar-refractivity contribution is -0.140. The smallest absolute Gasteiger partial charge is 0.251 e. The van der Waals surface area contributed by atoms with Crippen LogP contribution in [-0.2, 0) is 9.59 Å². The average molecular weight is 471 g/mol. The van der Waals surface area contributed by atoms with E-state index in [1.54, 1.807) is 43.4 Å². The van der Waals surface area contributed by atoms with Crippen LogP contribution in [0.15, 0.2) is 77.7 Å². The van der Waals surface area contributed by atoms with Crippen molar-refractivity contribution in [2.45, 2.75) is 22.0 Å². The summed E-state index contributed by atoms with van der Waals surface area (Å²) in [6.07, 6.45) is 0.423. The van der Waals surface area contributed by atoms with Gasteiger partial charge in [-0.1, -0.05) is 48.2 Å². The highest BCUT2D eigenvalue weighted by Gasteiger charge is 2.57. The van der Waals surface area contributed by atoms with Gasteiger partial charge in [-0.25, -0.2) is 13.2 Å². The van der Waals surface area contributed by atoms with Crippen molar-refractivity contribution in [3.63, 3.8) is 0 Å². The van der Waals surface area contributed by atoms with Crippen molar-refractivity contribution < 1.29 is 22.8 Å². The minimum atomic E-state index is -1.73. The molecule has 1 aliphatic rings. The molecule has 170 valence electrons. The molecule has 0 radical (unpaired) electrons. The van der Waals surface area contributed by atoms with Crippen molar-refractivity contribution in [1.29, 1.82) is 0 Å². The minimum absolute atomic E-state index is 0.355. The van der Waals surface area contributed by atoms with E-state index >= 15 is 0 Å². The highest BCUT2D eigenvalue weighted by Crippen LogP contribution is 2.49. The van der Waals surface area contributed by atoms with Crippen LogP contribution in [-0.4, -0.2) is 35.1 Å². The molecular formula is C25H21F3N2O2S. The Bertz CT molecular complexity index is 1170. The van der Waals surface area contributed by atoms with Crippen molar-refractivity contribution in [3.05, 3.63) is 95.8 Å². The lowest BCUT2D eigenvalue weighted by atomic mass is 9.78. The summed E-state index contributed by atoms with van der Waals surface area (Å²) >= 11 is 1.06. The van der Waals surface area contributed by atoms with Gasteiger partial charge < -0.3 is 10.2 Å². The highest BCUT2D eigenvalue weighted by atomic mass is 32.2. The maximum atomic E-state index is 14.4. The number of piperidine rings is 1. The number of likely N-dealkylation sites (tertiary alicyclic amines) is 1. The summed E-state index contributed by atoms with van der Waals surface area (Å²) in [4.78, 5) is 29.6. The third-order valence-corrected chi connectivity index (χ3v) is 7.21. The molecule has 0 aromatic heterocycles. The Labute approximate surface area is 193 Å². The van der Waals surface area contributed by atoms with Gasteiger partial charge in [-0.05, 0) is 48.4 Å². The van der Waals surface area contributed by atoms with Gasteiger partial charge in [0.2, 0.25) is 5.91 Å². The maximum Gasteiger partial charge on any atom is 0.251 e. The number of carbonyl (C=O) groups excluding carboxylic acids is 2. The molecule has 0 aliphatic carbocycles. The first kappa shape index (κ1) is 22.9. The average Bonchev–Trinajstić information content (AvgIpc) is 2.81. The van der Waals surface area contributed by atoms with Crippen LogP contribution < -0.4 is 5.32 Å². The predicted octanol–water partition coefficient (Wildman–Crippen LogP) is 5.22. The molecular weight excluding hydrogens is 449 g/mol. The van der Waals surface area contributed by atoms with E-state index in [-0.39, 0.29) is 5.69 Å². The van der Waals surface area contributed by atoms with E-state index in [4.69, 9.17) is 0 Å². The van der Waals surface area contributed by atoms with Crippen molar-refractivity contribution >= 4 is 29.3 Å². The molecule has 0 spiro atoms. The second kappa shape index (κ2) is 9.31. The molecule has 2 atom stereocenters. The summed E-state index contributed by atoms with van der Waals surface area (Å²) in [5.74, 6) is -4.63. The van der Waals surface area contributed by atoms with E-state index in [1.807, 2.05) is 6.07 Å². The minimum Gasteiger partial charge on any atom is -0.344 e. The fourth-order valence-corrected chi connectivity index (χ4v) is 5.51. The molecule has 0 bridgehead atoms. The number of thioether (sulfide) groups is 1.